The van der Waals surface area contributed by atoms with Gasteiger partial charge in [-0.25, -0.2) is 9.78 Å². The van der Waals surface area contributed by atoms with Crippen LogP contribution in [0.15, 0.2) is 35.8 Å². The molecule has 2 aromatic heterocycles. The van der Waals surface area contributed by atoms with Crippen LogP contribution in [-0.4, -0.2) is 29.1 Å². The van der Waals surface area contributed by atoms with Crippen molar-refractivity contribution in [2.45, 2.75) is 6.92 Å². The molecule has 3 rings (SSSR count). The molecule has 2 heterocycles. The second-order valence-electron chi connectivity index (χ2n) is 4.35. The quantitative estimate of drug-likeness (QED) is 0.694. The van der Waals surface area contributed by atoms with Gasteiger partial charge in [0.2, 0.25) is 0 Å². The highest BCUT2D eigenvalue weighted by Crippen LogP contribution is 2.25. The molecule has 6 heteroatoms. The molecular formula is C15H14N2O3S. The second-order valence-corrected chi connectivity index (χ2v) is 5.19. The zero-order valence-corrected chi connectivity index (χ0v) is 12.5. The van der Waals surface area contributed by atoms with Crippen LogP contribution in [-0.2, 0) is 4.74 Å². The van der Waals surface area contributed by atoms with Crippen molar-refractivity contribution in [2.24, 2.45) is 0 Å². The zero-order valence-electron chi connectivity index (χ0n) is 11.7. The number of benzene rings is 1. The number of aromatic nitrogens is 2. The second kappa shape index (κ2) is 5.57. The van der Waals surface area contributed by atoms with Crippen molar-refractivity contribution in [3.05, 3.63) is 41.5 Å². The molecule has 0 saturated heterocycles. The number of nitrogens with zero attached hydrogens (tertiary/aromatic N) is 2. The predicted molar refractivity (Wildman–Crippen MR) is 81.0 cm³/mol. The Labute approximate surface area is 125 Å². The van der Waals surface area contributed by atoms with E-state index in [0.717, 1.165) is 22.0 Å². The van der Waals surface area contributed by atoms with E-state index in [1.54, 1.807) is 23.8 Å². The molecule has 0 unspecified atom stereocenters. The molecular weight excluding hydrogens is 288 g/mol. The van der Waals surface area contributed by atoms with E-state index in [1.165, 1.54) is 11.3 Å². The molecule has 0 atom stereocenters. The molecule has 0 spiro atoms. The van der Waals surface area contributed by atoms with Crippen LogP contribution in [0.25, 0.3) is 16.2 Å². The first kappa shape index (κ1) is 13.6. The fourth-order valence-electron chi connectivity index (χ4n) is 2.04. The Morgan fingerprint density at radius 2 is 2.10 bits per heavy atom. The van der Waals surface area contributed by atoms with E-state index in [-0.39, 0.29) is 5.97 Å². The largest absolute Gasteiger partial charge is 0.497 e. The lowest BCUT2D eigenvalue weighted by molar-refractivity contribution is 0.0518. The van der Waals surface area contributed by atoms with Gasteiger partial charge in [0.25, 0.3) is 0 Å². The Balaban J connectivity index is 1.99. The van der Waals surface area contributed by atoms with Crippen LogP contribution in [0.3, 0.4) is 0 Å². The molecule has 0 N–H and O–H groups in total. The summed E-state index contributed by atoms with van der Waals surface area (Å²) in [5.74, 6) is 0.467. The van der Waals surface area contributed by atoms with Gasteiger partial charge in [-0.1, -0.05) is 0 Å². The lowest BCUT2D eigenvalue weighted by Gasteiger charge is -2.00. The van der Waals surface area contributed by atoms with Crippen LogP contribution < -0.4 is 4.74 Å². The third kappa shape index (κ3) is 2.50. The minimum absolute atomic E-state index is 0.331. The van der Waals surface area contributed by atoms with Crippen molar-refractivity contribution < 1.29 is 14.3 Å². The van der Waals surface area contributed by atoms with Gasteiger partial charge in [-0.2, -0.15) is 0 Å². The van der Waals surface area contributed by atoms with E-state index in [1.807, 2.05) is 30.5 Å². The van der Waals surface area contributed by atoms with Gasteiger partial charge in [-0.3, -0.25) is 4.40 Å². The molecule has 0 saturated carbocycles. The van der Waals surface area contributed by atoms with Crippen molar-refractivity contribution in [1.29, 1.82) is 0 Å². The number of ether oxygens (including phenoxy) is 2. The number of hydrogen-bond donors (Lipinski definition) is 0. The summed E-state index contributed by atoms with van der Waals surface area (Å²) in [4.78, 5) is 17.2. The number of fused-ring (bicyclic) bond motifs is 1. The molecule has 0 amide bonds. The summed E-state index contributed by atoms with van der Waals surface area (Å²) in [6.45, 7) is 2.15. The molecule has 0 aliphatic heterocycles. The summed E-state index contributed by atoms with van der Waals surface area (Å²) < 4.78 is 12.0. The Kier molecular flexibility index (Phi) is 3.62. The van der Waals surface area contributed by atoms with Gasteiger partial charge in [-0.05, 0) is 31.2 Å². The Bertz CT molecular complexity index is 774. The van der Waals surface area contributed by atoms with Gasteiger partial charge in [0, 0.05) is 17.1 Å². The Hall–Kier alpha value is -2.34. The number of carbonyl (C=O) groups is 1. The van der Waals surface area contributed by atoms with Crippen molar-refractivity contribution in [3.8, 4) is 17.0 Å². The van der Waals surface area contributed by atoms with Crippen molar-refractivity contribution in [1.82, 2.24) is 9.38 Å². The van der Waals surface area contributed by atoms with Crippen LogP contribution in [0.4, 0.5) is 0 Å². The fraction of sp³-hybridized carbons (Fsp3) is 0.200. The minimum atomic E-state index is -0.331. The number of methoxy groups -OCH3 is 1. The van der Waals surface area contributed by atoms with Gasteiger partial charge in [0.1, 0.15) is 11.4 Å². The maximum Gasteiger partial charge on any atom is 0.356 e. The van der Waals surface area contributed by atoms with E-state index in [0.29, 0.717) is 12.3 Å². The molecule has 21 heavy (non-hydrogen) atoms. The van der Waals surface area contributed by atoms with E-state index in [2.05, 4.69) is 4.98 Å². The molecule has 5 nitrogen and oxygen atoms in total. The van der Waals surface area contributed by atoms with Crippen LogP contribution in [0.2, 0.25) is 0 Å². The summed E-state index contributed by atoms with van der Waals surface area (Å²) in [6.07, 6.45) is 1.85. The SMILES string of the molecule is CCOC(=O)c1csc2nc(-c3ccc(OC)cc3)cn12. The number of thiazole rings is 1. The minimum Gasteiger partial charge on any atom is -0.497 e. The molecule has 0 radical (unpaired) electrons. The first-order valence-corrected chi connectivity index (χ1v) is 7.39. The lowest BCUT2D eigenvalue weighted by atomic mass is 10.2. The van der Waals surface area contributed by atoms with Gasteiger partial charge in [0.15, 0.2) is 4.96 Å². The standard InChI is InChI=1S/C15H14N2O3S/c1-3-20-14(18)13-9-21-15-16-12(8-17(13)15)10-4-6-11(19-2)7-5-10/h4-9H,3H2,1-2H3. The lowest BCUT2D eigenvalue weighted by Crippen LogP contribution is -2.06. The monoisotopic (exact) mass is 302 g/mol. The molecule has 0 fully saturated rings. The maximum absolute atomic E-state index is 11.9. The molecule has 3 aromatic rings. The number of esters is 1. The van der Waals surface area contributed by atoms with E-state index >= 15 is 0 Å². The topological polar surface area (TPSA) is 52.8 Å². The van der Waals surface area contributed by atoms with Crippen molar-refractivity contribution in [2.75, 3.05) is 13.7 Å². The predicted octanol–water partition coefficient (Wildman–Crippen LogP) is 3.25. The normalized spacial score (nSPS) is 10.8. The first-order chi connectivity index (χ1) is 10.2. The Morgan fingerprint density at radius 1 is 1.33 bits per heavy atom. The number of imidazole rings is 1. The highest BCUT2D eigenvalue weighted by atomic mass is 32.1. The van der Waals surface area contributed by atoms with Gasteiger partial charge >= 0.3 is 5.97 Å². The highest BCUT2D eigenvalue weighted by molar-refractivity contribution is 7.15. The third-order valence-corrected chi connectivity index (χ3v) is 3.92. The van der Waals surface area contributed by atoms with Crippen LogP contribution in [0.5, 0.6) is 5.75 Å². The Morgan fingerprint density at radius 3 is 2.76 bits per heavy atom. The average molecular weight is 302 g/mol. The molecule has 1 aromatic carbocycles. The van der Waals surface area contributed by atoms with Crippen molar-refractivity contribution in [3.63, 3.8) is 0 Å². The first-order valence-electron chi connectivity index (χ1n) is 6.51. The number of carbonyl (C=O) groups excluding carboxylic acids is 1. The fourth-order valence-corrected chi connectivity index (χ4v) is 2.88. The van der Waals surface area contributed by atoms with Crippen molar-refractivity contribution >= 4 is 22.3 Å². The van der Waals surface area contributed by atoms with Crippen LogP contribution >= 0.6 is 11.3 Å². The van der Waals surface area contributed by atoms with Crippen LogP contribution in [0, 0.1) is 0 Å². The van der Waals surface area contributed by atoms with E-state index in [4.69, 9.17) is 9.47 Å². The van der Waals surface area contributed by atoms with Gasteiger partial charge in [-0.15, -0.1) is 11.3 Å². The summed E-state index contributed by atoms with van der Waals surface area (Å²) in [7, 11) is 1.63. The van der Waals surface area contributed by atoms with E-state index < -0.39 is 0 Å². The molecule has 0 bridgehead atoms. The highest BCUT2D eigenvalue weighted by Gasteiger charge is 2.15. The van der Waals surface area contributed by atoms with Gasteiger partial charge in [0.05, 0.1) is 19.4 Å². The number of rotatable bonds is 4. The molecule has 108 valence electrons. The van der Waals surface area contributed by atoms with Gasteiger partial charge < -0.3 is 9.47 Å². The number of hydrogen-bond acceptors (Lipinski definition) is 5. The molecule has 0 aliphatic carbocycles. The van der Waals surface area contributed by atoms with E-state index in [9.17, 15) is 4.79 Å². The smallest absolute Gasteiger partial charge is 0.356 e. The maximum atomic E-state index is 11.9. The zero-order chi connectivity index (χ0) is 14.8. The average Bonchev–Trinajstić information content (AvgIpc) is 3.07. The summed E-state index contributed by atoms with van der Waals surface area (Å²) in [5.41, 5.74) is 2.29. The summed E-state index contributed by atoms with van der Waals surface area (Å²) in [6, 6.07) is 7.65. The summed E-state index contributed by atoms with van der Waals surface area (Å²) in [5, 5.41) is 1.76. The third-order valence-electron chi connectivity index (χ3n) is 3.08. The summed E-state index contributed by atoms with van der Waals surface area (Å²) >= 11 is 1.42. The molecule has 0 aliphatic rings. The van der Waals surface area contributed by atoms with Crippen LogP contribution in [0.1, 0.15) is 17.4 Å².